The summed E-state index contributed by atoms with van der Waals surface area (Å²) in [6.07, 6.45) is 3.51. The zero-order valence-electron chi connectivity index (χ0n) is 11.9. The molecule has 0 aliphatic heterocycles. The van der Waals surface area contributed by atoms with Gasteiger partial charge in [0.1, 0.15) is 0 Å². The summed E-state index contributed by atoms with van der Waals surface area (Å²) < 4.78 is 4.53. The molecule has 0 aromatic carbocycles. The summed E-state index contributed by atoms with van der Waals surface area (Å²) in [5.74, 6) is -0.224. The Morgan fingerprint density at radius 3 is 2.80 bits per heavy atom. The summed E-state index contributed by atoms with van der Waals surface area (Å²) in [5, 5.41) is 5.55. The summed E-state index contributed by atoms with van der Waals surface area (Å²) in [5.41, 5.74) is 0.813. The molecule has 0 radical (unpaired) electrons. The van der Waals surface area contributed by atoms with Crippen molar-refractivity contribution in [2.24, 2.45) is 0 Å². The Kier molecular flexibility index (Phi) is 7.10. The second-order valence-electron chi connectivity index (χ2n) is 4.41. The molecule has 1 heterocycles. The van der Waals surface area contributed by atoms with Crippen LogP contribution in [0.5, 0.6) is 0 Å². The summed E-state index contributed by atoms with van der Waals surface area (Å²) >= 11 is 0. The van der Waals surface area contributed by atoms with Crippen LogP contribution >= 0.6 is 0 Å². The number of methoxy groups -OCH3 is 1. The molecule has 1 unspecified atom stereocenters. The molecule has 110 valence electrons. The summed E-state index contributed by atoms with van der Waals surface area (Å²) in [4.78, 5) is 26.7. The van der Waals surface area contributed by atoms with Crippen LogP contribution in [-0.4, -0.2) is 30.6 Å². The molecule has 0 fully saturated rings. The van der Waals surface area contributed by atoms with Crippen LogP contribution in [0.4, 0.5) is 4.79 Å². The van der Waals surface area contributed by atoms with Gasteiger partial charge in [0.2, 0.25) is 0 Å². The van der Waals surface area contributed by atoms with Gasteiger partial charge in [-0.3, -0.25) is 9.78 Å². The molecular weight excluding hydrogens is 258 g/mol. The van der Waals surface area contributed by atoms with Crippen molar-refractivity contribution in [2.75, 3.05) is 13.7 Å². The van der Waals surface area contributed by atoms with Crippen LogP contribution in [0.25, 0.3) is 0 Å². The van der Waals surface area contributed by atoms with Crippen LogP contribution in [0.3, 0.4) is 0 Å². The fourth-order valence-corrected chi connectivity index (χ4v) is 1.65. The number of urea groups is 1. The molecule has 1 aromatic heterocycles. The van der Waals surface area contributed by atoms with E-state index in [9.17, 15) is 9.59 Å². The van der Waals surface area contributed by atoms with Crippen LogP contribution in [-0.2, 0) is 9.53 Å². The molecule has 1 atom stereocenters. The van der Waals surface area contributed by atoms with Crippen molar-refractivity contribution in [3.63, 3.8) is 0 Å². The van der Waals surface area contributed by atoms with E-state index in [0.717, 1.165) is 12.1 Å². The van der Waals surface area contributed by atoms with E-state index in [1.54, 1.807) is 6.20 Å². The number of esters is 1. The highest BCUT2D eigenvalue weighted by Crippen LogP contribution is 2.07. The van der Waals surface area contributed by atoms with Crippen molar-refractivity contribution in [3.8, 4) is 0 Å². The average Bonchev–Trinajstić information content (AvgIpc) is 2.47. The smallest absolute Gasteiger partial charge is 0.315 e. The van der Waals surface area contributed by atoms with Gasteiger partial charge in [-0.15, -0.1) is 0 Å². The first-order valence-corrected chi connectivity index (χ1v) is 6.65. The maximum atomic E-state index is 11.6. The predicted octanol–water partition coefficient (Wildman–Crippen LogP) is 1.79. The number of carbonyl (C=O) groups excluding carboxylic acids is 2. The first kappa shape index (κ1) is 15.9. The molecule has 20 heavy (non-hydrogen) atoms. The Balaban J connectivity index is 2.16. The highest BCUT2D eigenvalue weighted by Gasteiger charge is 2.09. The largest absolute Gasteiger partial charge is 0.469 e. The standard InChI is InChI=1S/C14H21N3O3/c1-11(12-7-3-5-9-15-12)17-14(19)16-10-6-4-8-13(18)20-2/h3,5,7,9,11H,4,6,8,10H2,1-2H3,(H2,16,17,19). The van der Waals surface area contributed by atoms with Gasteiger partial charge in [-0.2, -0.15) is 0 Å². The average molecular weight is 279 g/mol. The monoisotopic (exact) mass is 279 g/mol. The molecule has 6 nitrogen and oxygen atoms in total. The van der Waals surface area contributed by atoms with Crippen LogP contribution < -0.4 is 10.6 Å². The lowest BCUT2D eigenvalue weighted by Gasteiger charge is -2.14. The molecule has 6 heteroatoms. The van der Waals surface area contributed by atoms with E-state index >= 15 is 0 Å². The number of amides is 2. The minimum absolute atomic E-state index is 0.147. The molecule has 0 aliphatic rings. The fraction of sp³-hybridized carbons (Fsp3) is 0.500. The molecule has 0 saturated heterocycles. The number of ether oxygens (including phenoxy) is 1. The number of aromatic nitrogens is 1. The first-order valence-electron chi connectivity index (χ1n) is 6.65. The summed E-state index contributed by atoms with van der Waals surface area (Å²) in [7, 11) is 1.37. The number of pyridine rings is 1. The summed E-state index contributed by atoms with van der Waals surface area (Å²) in [6, 6.07) is 5.19. The summed E-state index contributed by atoms with van der Waals surface area (Å²) in [6.45, 7) is 2.40. The van der Waals surface area contributed by atoms with Crippen molar-refractivity contribution in [1.29, 1.82) is 0 Å². The predicted molar refractivity (Wildman–Crippen MR) is 75.1 cm³/mol. The van der Waals surface area contributed by atoms with Gasteiger partial charge in [0, 0.05) is 19.2 Å². The molecule has 1 rings (SSSR count). The van der Waals surface area contributed by atoms with E-state index in [-0.39, 0.29) is 18.0 Å². The normalized spacial score (nSPS) is 11.5. The Morgan fingerprint density at radius 1 is 1.35 bits per heavy atom. The zero-order valence-corrected chi connectivity index (χ0v) is 11.9. The SMILES string of the molecule is COC(=O)CCCCNC(=O)NC(C)c1ccccn1. The second-order valence-corrected chi connectivity index (χ2v) is 4.41. The number of hydrogen-bond acceptors (Lipinski definition) is 4. The lowest BCUT2D eigenvalue weighted by molar-refractivity contribution is -0.140. The van der Waals surface area contributed by atoms with Crippen molar-refractivity contribution < 1.29 is 14.3 Å². The molecule has 0 bridgehead atoms. The maximum Gasteiger partial charge on any atom is 0.315 e. The Hall–Kier alpha value is -2.11. The molecule has 0 spiro atoms. The number of unbranched alkanes of at least 4 members (excludes halogenated alkanes) is 1. The number of carbonyl (C=O) groups is 2. The second kappa shape index (κ2) is 8.90. The van der Waals surface area contributed by atoms with Gasteiger partial charge in [-0.1, -0.05) is 6.07 Å². The third-order valence-electron chi connectivity index (χ3n) is 2.80. The van der Waals surface area contributed by atoms with E-state index in [2.05, 4.69) is 20.4 Å². The molecule has 0 saturated carbocycles. The molecule has 2 N–H and O–H groups in total. The first-order chi connectivity index (χ1) is 9.63. The van der Waals surface area contributed by atoms with Gasteiger partial charge >= 0.3 is 12.0 Å². The van der Waals surface area contributed by atoms with Gasteiger partial charge in [-0.25, -0.2) is 4.79 Å². The van der Waals surface area contributed by atoms with Crippen molar-refractivity contribution in [1.82, 2.24) is 15.6 Å². The lowest BCUT2D eigenvalue weighted by Crippen LogP contribution is -2.37. The van der Waals surface area contributed by atoms with E-state index in [1.165, 1.54) is 7.11 Å². The van der Waals surface area contributed by atoms with Gasteiger partial charge < -0.3 is 15.4 Å². The van der Waals surface area contributed by atoms with Crippen molar-refractivity contribution >= 4 is 12.0 Å². The van der Waals surface area contributed by atoms with Crippen LogP contribution in [0, 0.1) is 0 Å². The minimum Gasteiger partial charge on any atom is -0.469 e. The number of rotatable bonds is 7. The Labute approximate surface area is 118 Å². The number of nitrogens with zero attached hydrogens (tertiary/aromatic N) is 1. The van der Waals surface area contributed by atoms with Crippen molar-refractivity contribution in [2.45, 2.75) is 32.2 Å². The Morgan fingerprint density at radius 2 is 2.15 bits per heavy atom. The Bertz CT molecular complexity index is 423. The third kappa shape index (κ3) is 6.17. The van der Waals surface area contributed by atoms with E-state index in [1.807, 2.05) is 25.1 Å². The van der Waals surface area contributed by atoms with E-state index in [0.29, 0.717) is 19.4 Å². The van der Waals surface area contributed by atoms with Crippen molar-refractivity contribution in [3.05, 3.63) is 30.1 Å². The fourth-order valence-electron chi connectivity index (χ4n) is 1.65. The number of hydrogen-bond donors (Lipinski definition) is 2. The molecule has 1 aromatic rings. The van der Waals surface area contributed by atoms with Gasteiger partial charge in [0.05, 0.1) is 18.8 Å². The highest BCUT2D eigenvalue weighted by atomic mass is 16.5. The quantitative estimate of drug-likeness (QED) is 0.589. The van der Waals surface area contributed by atoms with E-state index in [4.69, 9.17) is 0 Å². The molecule has 2 amide bonds. The van der Waals surface area contributed by atoms with Crippen LogP contribution in [0.2, 0.25) is 0 Å². The van der Waals surface area contributed by atoms with Gasteiger partial charge in [0.25, 0.3) is 0 Å². The van der Waals surface area contributed by atoms with Crippen LogP contribution in [0.15, 0.2) is 24.4 Å². The van der Waals surface area contributed by atoms with E-state index < -0.39 is 0 Å². The maximum absolute atomic E-state index is 11.6. The molecule has 0 aliphatic carbocycles. The van der Waals surface area contributed by atoms with Gasteiger partial charge in [-0.05, 0) is 31.9 Å². The molecular formula is C14H21N3O3. The number of nitrogens with one attached hydrogen (secondary N) is 2. The third-order valence-corrected chi connectivity index (χ3v) is 2.80. The van der Waals surface area contributed by atoms with Gasteiger partial charge in [0.15, 0.2) is 0 Å². The topological polar surface area (TPSA) is 80.3 Å². The lowest BCUT2D eigenvalue weighted by atomic mass is 10.2. The van der Waals surface area contributed by atoms with Crippen LogP contribution in [0.1, 0.15) is 37.9 Å². The highest BCUT2D eigenvalue weighted by molar-refractivity contribution is 5.74. The minimum atomic E-state index is -0.235. The zero-order chi connectivity index (χ0) is 14.8.